The van der Waals surface area contributed by atoms with E-state index in [9.17, 15) is 9.59 Å². The largest absolute Gasteiger partial charge is 0.341 e. The molecule has 0 bridgehead atoms. The molecule has 3 atom stereocenters. The van der Waals surface area contributed by atoms with Crippen LogP contribution in [0.4, 0.5) is 4.79 Å². The second kappa shape index (κ2) is 9.00. The van der Waals surface area contributed by atoms with Crippen molar-refractivity contribution in [3.8, 4) is 0 Å². The number of nitrogens with one attached hydrogen (secondary N) is 3. The molecule has 1 heterocycles. The van der Waals surface area contributed by atoms with E-state index in [1.54, 1.807) is 0 Å². The Morgan fingerprint density at radius 2 is 2.05 bits per heavy atom. The summed E-state index contributed by atoms with van der Waals surface area (Å²) in [5.41, 5.74) is 0. The minimum atomic E-state index is -0.446. The van der Waals surface area contributed by atoms with E-state index in [-0.39, 0.29) is 11.9 Å². The average molecular weight is 298 g/mol. The Labute approximate surface area is 128 Å². The van der Waals surface area contributed by atoms with Gasteiger partial charge in [-0.25, -0.2) is 4.79 Å². The number of carbonyl (C=O) groups excluding carboxylic acids is 2. The Hall–Kier alpha value is -1.14. The molecule has 21 heavy (non-hydrogen) atoms. The fourth-order valence-electron chi connectivity index (χ4n) is 2.78. The molecule has 6 nitrogen and oxygen atoms in total. The average Bonchev–Trinajstić information content (AvgIpc) is 2.51. The van der Waals surface area contributed by atoms with Crippen LogP contribution in [0.3, 0.4) is 0 Å². The van der Waals surface area contributed by atoms with E-state index in [2.05, 4.69) is 34.7 Å². The van der Waals surface area contributed by atoms with E-state index in [1.165, 1.54) is 13.5 Å². The van der Waals surface area contributed by atoms with Crippen molar-refractivity contribution in [1.82, 2.24) is 20.9 Å². The van der Waals surface area contributed by atoms with E-state index in [0.29, 0.717) is 12.0 Å². The Balaban J connectivity index is 2.50. The van der Waals surface area contributed by atoms with Crippen LogP contribution in [0, 0.1) is 5.92 Å². The van der Waals surface area contributed by atoms with E-state index in [4.69, 9.17) is 0 Å². The van der Waals surface area contributed by atoms with Gasteiger partial charge in [0.25, 0.3) is 0 Å². The van der Waals surface area contributed by atoms with Gasteiger partial charge in [0, 0.05) is 19.6 Å². The van der Waals surface area contributed by atoms with Crippen LogP contribution >= 0.6 is 0 Å². The van der Waals surface area contributed by atoms with Crippen molar-refractivity contribution in [3.63, 3.8) is 0 Å². The molecule has 1 fully saturated rings. The molecular weight excluding hydrogens is 268 g/mol. The molecule has 1 aliphatic rings. The van der Waals surface area contributed by atoms with Crippen molar-refractivity contribution in [1.29, 1.82) is 0 Å². The number of nitrogens with zero attached hydrogens (tertiary/aromatic N) is 1. The monoisotopic (exact) mass is 298 g/mol. The predicted molar refractivity (Wildman–Crippen MR) is 84.1 cm³/mol. The van der Waals surface area contributed by atoms with Crippen LogP contribution in [0.25, 0.3) is 0 Å². The second-order valence-electron chi connectivity index (χ2n) is 5.88. The van der Waals surface area contributed by atoms with Gasteiger partial charge in [0.05, 0.1) is 6.04 Å². The van der Waals surface area contributed by atoms with Gasteiger partial charge in [0.2, 0.25) is 5.91 Å². The Kier molecular flexibility index (Phi) is 7.67. The molecule has 1 saturated heterocycles. The van der Waals surface area contributed by atoms with Crippen LogP contribution in [-0.4, -0.2) is 55.6 Å². The summed E-state index contributed by atoms with van der Waals surface area (Å²) in [7, 11) is 1.51. The highest BCUT2D eigenvalue weighted by atomic mass is 16.2. The van der Waals surface area contributed by atoms with Crippen molar-refractivity contribution < 1.29 is 9.59 Å². The lowest BCUT2D eigenvalue weighted by Gasteiger charge is -2.38. The maximum atomic E-state index is 12.0. The van der Waals surface area contributed by atoms with Gasteiger partial charge in [0.1, 0.15) is 0 Å². The molecule has 1 rings (SSSR count). The summed E-state index contributed by atoms with van der Waals surface area (Å²) in [6.07, 6.45) is 3.42. The van der Waals surface area contributed by atoms with Crippen LogP contribution in [0.15, 0.2) is 0 Å². The third-order valence-corrected chi connectivity index (χ3v) is 4.30. The third kappa shape index (κ3) is 5.63. The summed E-state index contributed by atoms with van der Waals surface area (Å²) >= 11 is 0. The zero-order valence-corrected chi connectivity index (χ0v) is 13.7. The van der Waals surface area contributed by atoms with Crippen molar-refractivity contribution in [2.75, 3.05) is 26.7 Å². The molecule has 0 radical (unpaired) electrons. The van der Waals surface area contributed by atoms with E-state index in [1.807, 2.05) is 6.92 Å². The van der Waals surface area contributed by atoms with Gasteiger partial charge in [-0.2, -0.15) is 0 Å². The predicted octanol–water partition coefficient (Wildman–Crippen LogP) is 0.931. The molecule has 0 aliphatic carbocycles. The molecule has 0 aromatic heterocycles. The highest BCUT2D eigenvalue weighted by Crippen LogP contribution is 2.21. The number of hydrogen-bond acceptors (Lipinski definition) is 4. The van der Waals surface area contributed by atoms with Gasteiger partial charge < -0.3 is 10.6 Å². The number of urea groups is 1. The van der Waals surface area contributed by atoms with Gasteiger partial charge in [-0.15, -0.1) is 0 Å². The number of likely N-dealkylation sites (tertiary alicyclic amines) is 1. The first kappa shape index (κ1) is 17.9. The van der Waals surface area contributed by atoms with Gasteiger partial charge in [-0.3, -0.25) is 15.0 Å². The van der Waals surface area contributed by atoms with Crippen molar-refractivity contribution >= 4 is 11.9 Å². The first-order valence-corrected chi connectivity index (χ1v) is 7.99. The third-order valence-electron chi connectivity index (χ3n) is 4.30. The fraction of sp³-hybridized carbons (Fsp3) is 0.867. The molecule has 0 aromatic rings. The standard InChI is InChI=1S/C15H30N4O2/c1-5-8-17-11(2)13-7-6-9-19(10-13)12(3)14(20)18-15(21)16-4/h11-13,17H,5-10H2,1-4H3,(H2,16,18,20,21). The van der Waals surface area contributed by atoms with Crippen LogP contribution < -0.4 is 16.0 Å². The molecule has 1 aliphatic heterocycles. The topological polar surface area (TPSA) is 73.5 Å². The smallest absolute Gasteiger partial charge is 0.321 e. The molecule has 3 amide bonds. The number of hydrogen-bond donors (Lipinski definition) is 3. The Bertz CT molecular complexity index is 349. The van der Waals surface area contributed by atoms with Crippen LogP contribution in [0.2, 0.25) is 0 Å². The minimum absolute atomic E-state index is 0.232. The second-order valence-corrected chi connectivity index (χ2v) is 5.88. The molecule has 3 N–H and O–H groups in total. The van der Waals surface area contributed by atoms with Gasteiger partial charge in [-0.1, -0.05) is 6.92 Å². The van der Waals surface area contributed by atoms with Crippen molar-refractivity contribution in [3.05, 3.63) is 0 Å². The highest BCUT2D eigenvalue weighted by molar-refractivity contribution is 5.96. The van der Waals surface area contributed by atoms with Crippen molar-refractivity contribution in [2.24, 2.45) is 5.92 Å². The molecule has 0 aromatic carbocycles. The number of rotatable bonds is 6. The number of piperidine rings is 1. The molecule has 0 saturated carbocycles. The lowest BCUT2D eigenvalue weighted by molar-refractivity contribution is -0.125. The zero-order valence-electron chi connectivity index (χ0n) is 13.7. The van der Waals surface area contributed by atoms with Crippen molar-refractivity contribution in [2.45, 2.75) is 52.1 Å². The molecule has 6 heteroatoms. The Morgan fingerprint density at radius 1 is 1.33 bits per heavy atom. The molecular formula is C15H30N4O2. The first-order valence-electron chi connectivity index (χ1n) is 7.99. The lowest BCUT2D eigenvalue weighted by Crippen LogP contribution is -2.53. The maximum absolute atomic E-state index is 12.0. The fourth-order valence-corrected chi connectivity index (χ4v) is 2.78. The first-order chi connectivity index (χ1) is 9.99. The van der Waals surface area contributed by atoms with Gasteiger partial charge in [-0.05, 0) is 52.1 Å². The summed E-state index contributed by atoms with van der Waals surface area (Å²) < 4.78 is 0. The lowest BCUT2D eigenvalue weighted by atomic mass is 9.90. The molecule has 3 unspecified atom stereocenters. The van der Waals surface area contributed by atoms with E-state index in [0.717, 1.165) is 32.5 Å². The summed E-state index contributed by atoms with van der Waals surface area (Å²) in [6.45, 7) is 9.10. The molecule has 122 valence electrons. The summed E-state index contributed by atoms with van der Waals surface area (Å²) in [5, 5.41) is 8.30. The van der Waals surface area contributed by atoms with Gasteiger partial charge in [0.15, 0.2) is 0 Å². The number of amides is 3. The summed E-state index contributed by atoms with van der Waals surface area (Å²) in [4.78, 5) is 25.4. The van der Waals surface area contributed by atoms with Crippen LogP contribution in [0.1, 0.15) is 40.0 Å². The summed E-state index contributed by atoms with van der Waals surface area (Å²) in [5.74, 6) is 0.324. The number of carbonyl (C=O) groups is 2. The van der Waals surface area contributed by atoms with E-state index < -0.39 is 6.03 Å². The zero-order chi connectivity index (χ0) is 15.8. The van der Waals surface area contributed by atoms with E-state index >= 15 is 0 Å². The SMILES string of the molecule is CCCNC(C)C1CCCN(C(C)C(=O)NC(=O)NC)C1. The maximum Gasteiger partial charge on any atom is 0.321 e. The summed E-state index contributed by atoms with van der Waals surface area (Å²) in [6, 6.07) is -0.260. The van der Waals surface area contributed by atoms with Crippen LogP contribution in [0.5, 0.6) is 0 Å². The molecule has 0 spiro atoms. The quantitative estimate of drug-likeness (QED) is 0.682. The van der Waals surface area contributed by atoms with Gasteiger partial charge >= 0.3 is 6.03 Å². The number of imide groups is 1. The Morgan fingerprint density at radius 3 is 2.67 bits per heavy atom. The highest BCUT2D eigenvalue weighted by Gasteiger charge is 2.30. The normalized spacial score (nSPS) is 22.4. The van der Waals surface area contributed by atoms with Crippen LogP contribution in [-0.2, 0) is 4.79 Å². The minimum Gasteiger partial charge on any atom is -0.341 e.